The van der Waals surface area contributed by atoms with Gasteiger partial charge in [0, 0.05) is 39.3 Å². The van der Waals surface area contributed by atoms with Crippen molar-refractivity contribution in [2.45, 2.75) is 19.3 Å². The van der Waals surface area contributed by atoms with Gasteiger partial charge in [0.15, 0.2) is 0 Å². The zero-order valence-electron chi connectivity index (χ0n) is 12.4. The highest BCUT2D eigenvalue weighted by Gasteiger charge is 2.29. The van der Waals surface area contributed by atoms with E-state index in [1.54, 1.807) is 0 Å². The molecule has 2 rings (SSSR count). The summed E-state index contributed by atoms with van der Waals surface area (Å²) in [5.41, 5.74) is 0. The van der Waals surface area contributed by atoms with Crippen molar-refractivity contribution in [1.82, 2.24) is 15.1 Å². The minimum Gasteiger partial charge on any atom is -0.374 e. The first-order valence-electron chi connectivity index (χ1n) is 7.74. The summed E-state index contributed by atoms with van der Waals surface area (Å²) in [6.07, 6.45) is -0.498. The smallest absolute Gasteiger partial charge is 0.261 e. The number of rotatable bonds is 6. The molecule has 0 radical (unpaired) electrons. The van der Waals surface area contributed by atoms with E-state index >= 15 is 0 Å². The Bertz CT molecular complexity index is 325. The molecule has 5 nitrogen and oxygen atoms in total. The number of halogens is 2. The van der Waals surface area contributed by atoms with Gasteiger partial charge in [0.2, 0.25) is 5.91 Å². The molecule has 1 atom stereocenters. The van der Waals surface area contributed by atoms with Crippen molar-refractivity contribution in [2.24, 2.45) is 5.92 Å². The number of nitrogens with zero attached hydrogens (tertiary/aromatic N) is 2. The molecule has 122 valence electrons. The second-order valence-electron chi connectivity index (χ2n) is 5.68. The lowest BCUT2D eigenvalue weighted by Gasteiger charge is -2.36. The van der Waals surface area contributed by atoms with Crippen molar-refractivity contribution in [1.29, 1.82) is 0 Å². The van der Waals surface area contributed by atoms with Gasteiger partial charge in [-0.15, -0.1) is 0 Å². The first-order valence-corrected chi connectivity index (χ1v) is 7.74. The maximum atomic E-state index is 12.5. The molecule has 7 heteroatoms. The van der Waals surface area contributed by atoms with Crippen LogP contribution in [0.15, 0.2) is 0 Å². The normalized spacial score (nSPS) is 24.5. The molecular formula is C14H25F2N3O2. The maximum Gasteiger partial charge on any atom is 0.261 e. The third-order valence-corrected chi connectivity index (χ3v) is 4.08. The SMILES string of the molecule is O=C(C1CCCN(CCOCC(F)F)C1)N1CCNCC1. The number of nitrogens with one attached hydrogen (secondary N) is 1. The molecule has 2 heterocycles. The predicted molar refractivity (Wildman–Crippen MR) is 75.4 cm³/mol. The van der Waals surface area contributed by atoms with Crippen LogP contribution >= 0.6 is 0 Å². The minimum atomic E-state index is -2.41. The molecule has 21 heavy (non-hydrogen) atoms. The van der Waals surface area contributed by atoms with E-state index < -0.39 is 13.0 Å². The Morgan fingerprint density at radius 3 is 2.76 bits per heavy atom. The van der Waals surface area contributed by atoms with Crippen LogP contribution in [-0.2, 0) is 9.53 Å². The Morgan fingerprint density at radius 2 is 2.05 bits per heavy atom. The average Bonchev–Trinajstić information content (AvgIpc) is 2.52. The van der Waals surface area contributed by atoms with Gasteiger partial charge in [-0.25, -0.2) is 8.78 Å². The standard InChI is InChI=1S/C14H25F2N3O2/c15-13(16)11-21-9-8-18-5-1-2-12(10-18)14(20)19-6-3-17-4-7-19/h12-13,17H,1-11H2. The lowest BCUT2D eigenvalue weighted by molar-refractivity contribution is -0.138. The lowest BCUT2D eigenvalue weighted by atomic mass is 9.96. The Kier molecular flexibility index (Phi) is 6.79. The number of piperidine rings is 1. The summed E-state index contributed by atoms with van der Waals surface area (Å²) in [5, 5.41) is 3.24. The Labute approximate surface area is 124 Å². The van der Waals surface area contributed by atoms with Crippen LogP contribution in [0.2, 0.25) is 0 Å². The third-order valence-electron chi connectivity index (χ3n) is 4.08. The van der Waals surface area contributed by atoms with E-state index in [1.165, 1.54) is 0 Å². The van der Waals surface area contributed by atoms with Gasteiger partial charge in [-0.3, -0.25) is 4.79 Å². The molecule has 2 aliphatic heterocycles. The summed E-state index contributed by atoms with van der Waals surface area (Å²) in [6.45, 7) is 5.37. The van der Waals surface area contributed by atoms with Crippen LogP contribution in [0.1, 0.15) is 12.8 Å². The fourth-order valence-electron chi connectivity index (χ4n) is 2.97. The summed E-state index contributed by atoms with van der Waals surface area (Å²) in [7, 11) is 0. The van der Waals surface area contributed by atoms with E-state index in [0.717, 1.165) is 52.1 Å². The summed E-state index contributed by atoms with van der Waals surface area (Å²) in [5.74, 6) is 0.293. The van der Waals surface area contributed by atoms with Crippen molar-refractivity contribution in [3.8, 4) is 0 Å². The van der Waals surface area contributed by atoms with Crippen LogP contribution < -0.4 is 5.32 Å². The number of carbonyl (C=O) groups is 1. The molecule has 2 fully saturated rings. The van der Waals surface area contributed by atoms with Gasteiger partial charge in [0.25, 0.3) is 6.43 Å². The molecule has 1 unspecified atom stereocenters. The van der Waals surface area contributed by atoms with E-state index in [9.17, 15) is 13.6 Å². The summed E-state index contributed by atoms with van der Waals surface area (Å²) < 4.78 is 28.9. The Morgan fingerprint density at radius 1 is 1.29 bits per heavy atom. The van der Waals surface area contributed by atoms with Crippen LogP contribution in [0.4, 0.5) is 8.78 Å². The molecule has 0 saturated carbocycles. The lowest BCUT2D eigenvalue weighted by Crippen LogP contribution is -2.51. The van der Waals surface area contributed by atoms with Gasteiger partial charge in [-0.2, -0.15) is 0 Å². The van der Waals surface area contributed by atoms with E-state index in [1.807, 2.05) is 4.90 Å². The predicted octanol–water partition coefficient (Wildman–Crippen LogP) is 0.412. The van der Waals surface area contributed by atoms with Crippen LogP contribution in [0.5, 0.6) is 0 Å². The van der Waals surface area contributed by atoms with Crippen LogP contribution in [0.3, 0.4) is 0 Å². The molecule has 0 aromatic carbocycles. The number of alkyl halides is 2. The molecular weight excluding hydrogens is 280 g/mol. The molecule has 0 aliphatic carbocycles. The highest BCUT2D eigenvalue weighted by atomic mass is 19.3. The number of amides is 1. The zero-order valence-corrected chi connectivity index (χ0v) is 12.4. The minimum absolute atomic E-state index is 0.0481. The van der Waals surface area contributed by atoms with Crippen molar-refractivity contribution in [3.63, 3.8) is 0 Å². The Hall–Kier alpha value is -0.790. The fourth-order valence-corrected chi connectivity index (χ4v) is 2.97. The van der Waals surface area contributed by atoms with E-state index in [0.29, 0.717) is 13.2 Å². The third kappa shape index (κ3) is 5.48. The van der Waals surface area contributed by atoms with Gasteiger partial charge in [-0.1, -0.05) is 0 Å². The van der Waals surface area contributed by atoms with E-state index in [4.69, 9.17) is 4.74 Å². The van der Waals surface area contributed by atoms with Crippen molar-refractivity contribution in [2.75, 3.05) is 59.0 Å². The highest BCUT2D eigenvalue weighted by molar-refractivity contribution is 5.79. The topological polar surface area (TPSA) is 44.8 Å². The number of hydrogen-bond acceptors (Lipinski definition) is 4. The number of ether oxygens (including phenoxy) is 1. The Balaban J connectivity index is 1.70. The quantitative estimate of drug-likeness (QED) is 0.722. The van der Waals surface area contributed by atoms with Crippen molar-refractivity contribution in [3.05, 3.63) is 0 Å². The molecule has 2 aliphatic rings. The summed E-state index contributed by atoms with van der Waals surface area (Å²) >= 11 is 0. The molecule has 0 spiro atoms. The molecule has 1 N–H and O–H groups in total. The molecule has 1 amide bonds. The van der Waals surface area contributed by atoms with Gasteiger partial charge >= 0.3 is 0 Å². The first-order chi connectivity index (χ1) is 10.2. The van der Waals surface area contributed by atoms with Crippen LogP contribution in [0.25, 0.3) is 0 Å². The van der Waals surface area contributed by atoms with Gasteiger partial charge in [0.05, 0.1) is 12.5 Å². The maximum absolute atomic E-state index is 12.5. The summed E-state index contributed by atoms with van der Waals surface area (Å²) in [6, 6.07) is 0. The first kappa shape index (κ1) is 16.6. The number of hydrogen-bond donors (Lipinski definition) is 1. The number of carbonyl (C=O) groups excluding carboxylic acids is 1. The largest absolute Gasteiger partial charge is 0.374 e. The van der Waals surface area contributed by atoms with Crippen molar-refractivity contribution >= 4 is 5.91 Å². The van der Waals surface area contributed by atoms with Crippen LogP contribution in [0, 0.1) is 5.92 Å². The van der Waals surface area contributed by atoms with Gasteiger partial charge in [0.1, 0.15) is 6.61 Å². The van der Waals surface area contributed by atoms with E-state index in [2.05, 4.69) is 10.2 Å². The van der Waals surface area contributed by atoms with Crippen LogP contribution in [-0.4, -0.2) is 81.2 Å². The second-order valence-corrected chi connectivity index (χ2v) is 5.68. The fraction of sp³-hybridized carbons (Fsp3) is 0.929. The van der Waals surface area contributed by atoms with Crippen molar-refractivity contribution < 1.29 is 18.3 Å². The highest BCUT2D eigenvalue weighted by Crippen LogP contribution is 2.19. The van der Waals surface area contributed by atoms with Gasteiger partial charge < -0.3 is 19.9 Å². The van der Waals surface area contributed by atoms with E-state index in [-0.39, 0.29) is 11.8 Å². The molecule has 2 saturated heterocycles. The number of likely N-dealkylation sites (tertiary alicyclic amines) is 1. The number of piperazine rings is 1. The molecule has 0 aromatic rings. The van der Waals surface area contributed by atoms with Gasteiger partial charge in [-0.05, 0) is 19.4 Å². The average molecular weight is 305 g/mol. The monoisotopic (exact) mass is 305 g/mol. The zero-order chi connectivity index (χ0) is 15.1. The molecule has 0 bridgehead atoms. The second kappa shape index (κ2) is 8.60. The molecule has 0 aromatic heterocycles. The summed E-state index contributed by atoms with van der Waals surface area (Å²) in [4.78, 5) is 16.6.